The summed E-state index contributed by atoms with van der Waals surface area (Å²) in [5.41, 5.74) is 2.14. The van der Waals surface area contributed by atoms with Gasteiger partial charge < -0.3 is 19.8 Å². The lowest BCUT2D eigenvalue weighted by Crippen LogP contribution is -2.43. The van der Waals surface area contributed by atoms with Crippen molar-refractivity contribution in [3.63, 3.8) is 0 Å². The van der Waals surface area contributed by atoms with Gasteiger partial charge in [0, 0.05) is 32.9 Å². The first kappa shape index (κ1) is 24.1. The third-order valence-corrected chi connectivity index (χ3v) is 5.45. The summed E-state index contributed by atoms with van der Waals surface area (Å²) in [5.74, 6) is -0.585. The molecule has 1 fully saturated rings. The minimum absolute atomic E-state index is 0.0275. The summed E-state index contributed by atoms with van der Waals surface area (Å²) in [6, 6.07) is 8.04. The zero-order chi connectivity index (χ0) is 21.8. The number of ether oxygens (including phenoxy) is 1. The Bertz CT molecular complexity index is 703. The van der Waals surface area contributed by atoms with E-state index < -0.39 is 12.1 Å². The van der Waals surface area contributed by atoms with Crippen molar-refractivity contribution in [2.45, 2.75) is 76.5 Å². The molecule has 0 aliphatic carbocycles. The van der Waals surface area contributed by atoms with Gasteiger partial charge in [0.1, 0.15) is 0 Å². The Hall–Kier alpha value is -2.18. The van der Waals surface area contributed by atoms with E-state index in [4.69, 9.17) is 9.84 Å². The average Bonchev–Trinajstić information content (AvgIpc) is 2.70. The van der Waals surface area contributed by atoms with Gasteiger partial charge in [-0.25, -0.2) is 0 Å². The SMILES string of the molecule is COCc1cccc(C[C@H](O)/C=C/[C@H]2CCCC(=O)N2CCCCCCC(=O)O)c1. The molecule has 1 heterocycles. The molecule has 0 saturated carbocycles. The van der Waals surface area contributed by atoms with E-state index in [2.05, 4.69) is 0 Å². The van der Waals surface area contributed by atoms with Crippen molar-refractivity contribution in [2.24, 2.45) is 0 Å². The molecule has 1 aromatic carbocycles. The number of carboxylic acid groups (broad SMARTS) is 1. The number of carbonyl (C=O) groups is 2. The first-order chi connectivity index (χ1) is 14.5. The van der Waals surface area contributed by atoms with Crippen LogP contribution in [0.2, 0.25) is 0 Å². The topological polar surface area (TPSA) is 87.1 Å². The molecule has 0 unspecified atom stereocenters. The molecular formula is C24H35NO5. The van der Waals surface area contributed by atoms with Crippen LogP contribution < -0.4 is 0 Å². The maximum atomic E-state index is 12.4. The Morgan fingerprint density at radius 2 is 2.03 bits per heavy atom. The molecule has 0 aromatic heterocycles. The third-order valence-electron chi connectivity index (χ3n) is 5.45. The van der Waals surface area contributed by atoms with Crippen LogP contribution in [0.5, 0.6) is 0 Å². The second-order valence-electron chi connectivity index (χ2n) is 8.01. The Kier molecular flexibility index (Phi) is 10.6. The molecule has 0 radical (unpaired) electrons. The number of rotatable bonds is 13. The van der Waals surface area contributed by atoms with E-state index in [1.54, 1.807) is 7.11 Å². The molecule has 6 nitrogen and oxygen atoms in total. The number of hydrogen-bond acceptors (Lipinski definition) is 4. The number of methoxy groups -OCH3 is 1. The molecule has 1 aromatic rings. The summed E-state index contributed by atoms with van der Waals surface area (Å²) < 4.78 is 5.16. The third kappa shape index (κ3) is 8.67. The van der Waals surface area contributed by atoms with E-state index in [-0.39, 0.29) is 18.4 Å². The average molecular weight is 418 g/mol. The quantitative estimate of drug-likeness (QED) is 0.377. The van der Waals surface area contributed by atoms with Crippen molar-refractivity contribution in [1.82, 2.24) is 4.90 Å². The lowest BCUT2D eigenvalue weighted by atomic mass is 9.98. The van der Waals surface area contributed by atoms with Crippen LogP contribution in [0.25, 0.3) is 0 Å². The predicted octanol–water partition coefficient (Wildman–Crippen LogP) is 3.71. The zero-order valence-electron chi connectivity index (χ0n) is 18.0. The number of benzene rings is 1. The number of carboxylic acids is 1. The van der Waals surface area contributed by atoms with Crippen LogP contribution in [0, 0.1) is 0 Å². The van der Waals surface area contributed by atoms with Gasteiger partial charge in [-0.05, 0) is 36.8 Å². The zero-order valence-corrected chi connectivity index (χ0v) is 18.0. The van der Waals surface area contributed by atoms with Gasteiger partial charge in [0.15, 0.2) is 0 Å². The molecule has 1 aliphatic rings. The minimum Gasteiger partial charge on any atom is -0.481 e. The molecule has 0 spiro atoms. The Morgan fingerprint density at radius 3 is 2.80 bits per heavy atom. The van der Waals surface area contributed by atoms with Crippen LogP contribution in [0.1, 0.15) is 62.5 Å². The number of hydrogen-bond donors (Lipinski definition) is 2. The molecule has 1 aliphatic heterocycles. The highest BCUT2D eigenvalue weighted by molar-refractivity contribution is 5.77. The van der Waals surface area contributed by atoms with Crippen LogP contribution in [-0.4, -0.2) is 52.8 Å². The van der Waals surface area contributed by atoms with E-state index in [1.165, 1.54) is 0 Å². The first-order valence-electron chi connectivity index (χ1n) is 10.9. The van der Waals surface area contributed by atoms with Gasteiger partial charge in [-0.15, -0.1) is 0 Å². The number of aliphatic carboxylic acids is 1. The molecule has 166 valence electrons. The highest BCUT2D eigenvalue weighted by atomic mass is 16.5. The minimum atomic E-state index is -0.754. The number of carbonyl (C=O) groups excluding carboxylic acids is 1. The van der Waals surface area contributed by atoms with Crippen molar-refractivity contribution < 1.29 is 24.5 Å². The molecule has 1 amide bonds. The fourth-order valence-electron chi connectivity index (χ4n) is 3.93. The van der Waals surface area contributed by atoms with Crippen molar-refractivity contribution >= 4 is 11.9 Å². The summed E-state index contributed by atoms with van der Waals surface area (Å²) in [5, 5.41) is 19.1. The standard InChI is InChI=1S/C24H35NO5/c1-30-18-20-9-6-8-19(16-20)17-22(26)14-13-21-10-7-11-23(27)25(21)15-5-3-2-4-12-24(28)29/h6,8-9,13-14,16,21-22,26H,2-5,7,10-12,15,17-18H2,1H3,(H,28,29)/b14-13+/t21-,22-/m1/s1. The van der Waals surface area contributed by atoms with E-state index in [0.717, 1.165) is 43.2 Å². The number of nitrogens with zero attached hydrogens (tertiary/aromatic N) is 1. The fourth-order valence-corrected chi connectivity index (χ4v) is 3.93. The summed E-state index contributed by atoms with van der Waals surface area (Å²) in [6.07, 6.45) is 9.65. The van der Waals surface area contributed by atoms with E-state index >= 15 is 0 Å². The number of unbranched alkanes of at least 4 members (excludes halogenated alkanes) is 3. The normalized spacial score (nSPS) is 18.1. The fraction of sp³-hybridized carbons (Fsp3) is 0.583. The van der Waals surface area contributed by atoms with Gasteiger partial charge in [-0.1, -0.05) is 49.3 Å². The molecular weight excluding hydrogens is 382 g/mol. The van der Waals surface area contributed by atoms with E-state index in [9.17, 15) is 14.7 Å². The molecule has 1 saturated heterocycles. The Balaban J connectivity index is 1.83. The van der Waals surface area contributed by atoms with E-state index in [0.29, 0.717) is 32.4 Å². The molecule has 2 N–H and O–H groups in total. The highest BCUT2D eigenvalue weighted by Gasteiger charge is 2.25. The number of aliphatic hydroxyl groups is 1. The maximum Gasteiger partial charge on any atom is 0.303 e. The van der Waals surface area contributed by atoms with Crippen LogP contribution >= 0.6 is 0 Å². The van der Waals surface area contributed by atoms with Gasteiger partial charge in [-0.2, -0.15) is 0 Å². The summed E-state index contributed by atoms with van der Waals surface area (Å²) in [7, 11) is 1.66. The van der Waals surface area contributed by atoms with Crippen LogP contribution in [0.15, 0.2) is 36.4 Å². The first-order valence-corrected chi connectivity index (χ1v) is 10.9. The number of amides is 1. The second-order valence-corrected chi connectivity index (χ2v) is 8.01. The number of aliphatic hydroxyl groups excluding tert-OH is 1. The van der Waals surface area contributed by atoms with Gasteiger partial charge in [-0.3, -0.25) is 9.59 Å². The van der Waals surface area contributed by atoms with Gasteiger partial charge >= 0.3 is 5.97 Å². The van der Waals surface area contributed by atoms with Crippen LogP contribution in [0.3, 0.4) is 0 Å². The Morgan fingerprint density at radius 1 is 1.27 bits per heavy atom. The van der Waals surface area contributed by atoms with Gasteiger partial charge in [0.2, 0.25) is 5.91 Å². The lowest BCUT2D eigenvalue weighted by molar-refractivity contribution is -0.137. The van der Waals surface area contributed by atoms with Crippen molar-refractivity contribution in [3.8, 4) is 0 Å². The van der Waals surface area contributed by atoms with Crippen molar-refractivity contribution in [2.75, 3.05) is 13.7 Å². The predicted molar refractivity (Wildman–Crippen MR) is 116 cm³/mol. The van der Waals surface area contributed by atoms with Crippen molar-refractivity contribution in [3.05, 3.63) is 47.5 Å². The molecule has 2 rings (SSSR count). The molecule has 0 bridgehead atoms. The number of likely N-dealkylation sites (tertiary alicyclic amines) is 1. The maximum absolute atomic E-state index is 12.4. The molecule has 2 atom stereocenters. The van der Waals surface area contributed by atoms with Gasteiger partial charge in [0.05, 0.1) is 18.8 Å². The van der Waals surface area contributed by atoms with Crippen molar-refractivity contribution in [1.29, 1.82) is 0 Å². The Labute approximate surface area is 179 Å². The lowest BCUT2D eigenvalue weighted by Gasteiger charge is -2.34. The monoisotopic (exact) mass is 417 g/mol. The van der Waals surface area contributed by atoms with E-state index in [1.807, 2.05) is 41.3 Å². The molecule has 6 heteroatoms. The highest BCUT2D eigenvalue weighted by Crippen LogP contribution is 2.21. The molecule has 30 heavy (non-hydrogen) atoms. The van der Waals surface area contributed by atoms with Gasteiger partial charge in [0.25, 0.3) is 0 Å². The number of piperidine rings is 1. The van der Waals surface area contributed by atoms with Crippen LogP contribution in [0.4, 0.5) is 0 Å². The summed E-state index contributed by atoms with van der Waals surface area (Å²) in [4.78, 5) is 24.9. The van der Waals surface area contributed by atoms with Crippen LogP contribution in [-0.2, 0) is 27.4 Å². The second kappa shape index (κ2) is 13.2. The largest absolute Gasteiger partial charge is 0.481 e. The summed E-state index contributed by atoms with van der Waals surface area (Å²) >= 11 is 0. The summed E-state index contributed by atoms with van der Waals surface area (Å²) in [6.45, 7) is 1.24. The smallest absolute Gasteiger partial charge is 0.303 e.